The fraction of sp³-hybridized carbons (Fsp3) is 0.364. The quantitative estimate of drug-likeness (QED) is 0.602. The molecule has 0 unspecified atom stereocenters. The molecule has 1 saturated heterocycles. The van der Waals surface area contributed by atoms with Gasteiger partial charge in [0.1, 0.15) is 11.4 Å². The van der Waals surface area contributed by atoms with E-state index in [0.717, 1.165) is 59.9 Å². The molecule has 1 aliphatic rings. The number of carbonyl (C=O) groups excluding carboxylic acids is 1. The molecule has 0 radical (unpaired) electrons. The lowest BCUT2D eigenvalue weighted by molar-refractivity contribution is -0.133. The van der Waals surface area contributed by atoms with Crippen LogP contribution in [0, 0.1) is 0 Å². The molecule has 6 heteroatoms. The van der Waals surface area contributed by atoms with Crippen LogP contribution in [0.2, 0.25) is 0 Å². The third-order valence-electron chi connectivity index (χ3n) is 5.22. The highest BCUT2D eigenvalue weighted by Crippen LogP contribution is 2.33. The molecular formula is C22H24N2O3S. The Bertz CT molecular complexity index is 902. The fourth-order valence-electron chi connectivity index (χ4n) is 3.71. The monoisotopic (exact) mass is 396 g/mol. The Morgan fingerprint density at radius 1 is 1.25 bits per heavy atom. The molecule has 1 atom stereocenters. The zero-order chi connectivity index (χ0) is 19.3. The summed E-state index contributed by atoms with van der Waals surface area (Å²) >= 11 is 1.63. The maximum Gasteiger partial charge on any atom is 0.227 e. The second kappa shape index (κ2) is 8.61. The van der Waals surface area contributed by atoms with Gasteiger partial charge < -0.3 is 14.2 Å². The molecule has 3 heterocycles. The van der Waals surface area contributed by atoms with Crippen LogP contribution >= 0.6 is 11.3 Å². The number of hydrogen-bond acceptors (Lipinski definition) is 5. The molecule has 0 spiro atoms. The molecule has 146 valence electrons. The standard InChI is InChI=1S/C22H24N2O3S/c1-26-17-10-8-16(9-11-17)14-22(25)24-12-4-2-3-6-19(24)18-15-20(27-23-18)21-7-5-13-28-21/h5,7-11,13,15,19H,2-4,6,12,14H2,1H3/t19-/m0/s1. The first-order valence-corrected chi connectivity index (χ1v) is 10.6. The van der Waals surface area contributed by atoms with E-state index in [1.807, 2.05) is 52.7 Å². The van der Waals surface area contributed by atoms with E-state index >= 15 is 0 Å². The first-order chi connectivity index (χ1) is 13.7. The highest BCUT2D eigenvalue weighted by atomic mass is 32.1. The van der Waals surface area contributed by atoms with Crippen LogP contribution in [-0.4, -0.2) is 29.6 Å². The van der Waals surface area contributed by atoms with E-state index in [1.54, 1.807) is 18.4 Å². The summed E-state index contributed by atoms with van der Waals surface area (Å²) in [5.41, 5.74) is 1.85. The van der Waals surface area contributed by atoms with Crippen LogP contribution in [0.1, 0.15) is 43.0 Å². The molecule has 3 aromatic rings. The number of amides is 1. The molecule has 0 bridgehead atoms. The Balaban J connectivity index is 1.53. The summed E-state index contributed by atoms with van der Waals surface area (Å²) < 4.78 is 10.8. The van der Waals surface area contributed by atoms with E-state index in [0.29, 0.717) is 6.42 Å². The SMILES string of the molecule is COc1ccc(CC(=O)N2CCCCC[C@H]2c2cc(-c3cccs3)on2)cc1. The third kappa shape index (κ3) is 4.12. The van der Waals surface area contributed by atoms with Crippen LogP contribution in [0.3, 0.4) is 0 Å². The molecule has 1 aliphatic heterocycles. The van der Waals surface area contributed by atoms with Crippen molar-refractivity contribution in [3.8, 4) is 16.4 Å². The van der Waals surface area contributed by atoms with Crippen molar-refractivity contribution in [1.82, 2.24) is 10.1 Å². The van der Waals surface area contributed by atoms with E-state index in [9.17, 15) is 4.79 Å². The van der Waals surface area contributed by atoms with Crippen molar-refractivity contribution in [2.75, 3.05) is 13.7 Å². The molecule has 5 nitrogen and oxygen atoms in total. The number of thiophene rings is 1. The topological polar surface area (TPSA) is 55.6 Å². The molecule has 4 rings (SSSR count). The van der Waals surface area contributed by atoms with Crippen molar-refractivity contribution >= 4 is 17.2 Å². The minimum absolute atomic E-state index is 0.0225. The lowest BCUT2D eigenvalue weighted by Crippen LogP contribution is -2.36. The van der Waals surface area contributed by atoms with Gasteiger partial charge in [-0.05, 0) is 42.0 Å². The van der Waals surface area contributed by atoms with Crippen LogP contribution in [0.4, 0.5) is 0 Å². The lowest BCUT2D eigenvalue weighted by atomic mass is 10.0. The second-order valence-corrected chi connectivity index (χ2v) is 8.02. The Morgan fingerprint density at radius 3 is 2.86 bits per heavy atom. The Morgan fingerprint density at radius 2 is 2.11 bits per heavy atom. The lowest BCUT2D eigenvalue weighted by Gasteiger charge is -2.28. The molecule has 1 aromatic carbocycles. The van der Waals surface area contributed by atoms with E-state index in [4.69, 9.17) is 9.26 Å². The first-order valence-electron chi connectivity index (χ1n) is 9.67. The number of nitrogens with zero attached hydrogens (tertiary/aromatic N) is 2. The van der Waals surface area contributed by atoms with Crippen LogP contribution in [0.25, 0.3) is 10.6 Å². The number of methoxy groups -OCH3 is 1. The summed E-state index contributed by atoms with van der Waals surface area (Å²) in [5.74, 6) is 1.71. The maximum absolute atomic E-state index is 13.1. The summed E-state index contributed by atoms with van der Waals surface area (Å²) in [5, 5.41) is 6.34. The summed E-state index contributed by atoms with van der Waals surface area (Å²) in [4.78, 5) is 16.2. The van der Waals surface area contributed by atoms with Crippen molar-refractivity contribution in [2.24, 2.45) is 0 Å². The molecular weight excluding hydrogens is 372 g/mol. The van der Waals surface area contributed by atoms with Gasteiger partial charge in [0.15, 0.2) is 5.76 Å². The number of rotatable bonds is 5. The molecule has 2 aromatic heterocycles. The van der Waals surface area contributed by atoms with Crippen molar-refractivity contribution in [3.63, 3.8) is 0 Å². The van der Waals surface area contributed by atoms with E-state index in [2.05, 4.69) is 5.16 Å². The number of benzene rings is 1. The predicted octanol–water partition coefficient (Wildman–Crippen LogP) is 5.10. The average molecular weight is 397 g/mol. The minimum Gasteiger partial charge on any atom is -0.497 e. The summed E-state index contributed by atoms with van der Waals surface area (Å²) in [7, 11) is 1.64. The van der Waals surface area contributed by atoms with Gasteiger partial charge >= 0.3 is 0 Å². The predicted molar refractivity (Wildman–Crippen MR) is 109 cm³/mol. The van der Waals surface area contributed by atoms with Gasteiger partial charge in [0.25, 0.3) is 0 Å². The number of hydrogen-bond donors (Lipinski definition) is 0. The van der Waals surface area contributed by atoms with E-state index < -0.39 is 0 Å². The normalized spacial score (nSPS) is 17.3. The summed E-state index contributed by atoms with van der Waals surface area (Å²) in [6, 6.07) is 13.7. The Labute approximate surface area is 168 Å². The van der Waals surface area contributed by atoms with Crippen molar-refractivity contribution in [3.05, 3.63) is 59.1 Å². The van der Waals surface area contributed by atoms with Gasteiger partial charge in [0, 0.05) is 12.6 Å². The third-order valence-corrected chi connectivity index (χ3v) is 6.11. The number of aromatic nitrogens is 1. The summed E-state index contributed by atoms with van der Waals surface area (Å²) in [6.45, 7) is 0.765. The Hall–Kier alpha value is -2.60. The van der Waals surface area contributed by atoms with Gasteiger partial charge in [-0.1, -0.05) is 36.2 Å². The minimum atomic E-state index is -0.0225. The zero-order valence-corrected chi connectivity index (χ0v) is 16.8. The number of carbonyl (C=O) groups is 1. The number of likely N-dealkylation sites (tertiary alicyclic amines) is 1. The first kappa shape index (κ1) is 18.7. The molecule has 1 amide bonds. The molecule has 0 N–H and O–H groups in total. The highest BCUT2D eigenvalue weighted by Gasteiger charge is 2.29. The summed E-state index contributed by atoms with van der Waals surface area (Å²) in [6.07, 6.45) is 4.57. The van der Waals surface area contributed by atoms with Gasteiger partial charge in [0.2, 0.25) is 5.91 Å². The zero-order valence-electron chi connectivity index (χ0n) is 16.0. The van der Waals surface area contributed by atoms with Crippen molar-refractivity contribution < 1.29 is 14.1 Å². The van der Waals surface area contributed by atoms with Crippen molar-refractivity contribution in [2.45, 2.75) is 38.1 Å². The van der Waals surface area contributed by atoms with E-state index in [1.165, 1.54) is 0 Å². The highest BCUT2D eigenvalue weighted by molar-refractivity contribution is 7.13. The average Bonchev–Trinajstić information content (AvgIpc) is 3.36. The smallest absolute Gasteiger partial charge is 0.227 e. The van der Waals surface area contributed by atoms with Crippen LogP contribution < -0.4 is 4.74 Å². The van der Waals surface area contributed by atoms with Gasteiger partial charge in [-0.2, -0.15) is 0 Å². The van der Waals surface area contributed by atoms with Crippen molar-refractivity contribution in [1.29, 1.82) is 0 Å². The van der Waals surface area contributed by atoms with E-state index in [-0.39, 0.29) is 11.9 Å². The molecule has 0 saturated carbocycles. The van der Waals surface area contributed by atoms with Gasteiger partial charge in [0.05, 0.1) is 24.4 Å². The Kier molecular flexibility index (Phi) is 5.76. The molecule has 0 aliphatic carbocycles. The molecule has 1 fully saturated rings. The maximum atomic E-state index is 13.1. The van der Waals surface area contributed by atoms with Crippen LogP contribution in [0.15, 0.2) is 52.4 Å². The van der Waals surface area contributed by atoms with Crippen LogP contribution in [-0.2, 0) is 11.2 Å². The number of ether oxygens (including phenoxy) is 1. The molecule has 28 heavy (non-hydrogen) atoms. The fourth-order valence-corrected chi connectivity index (χ4v) is 4.39. The van der Waals surface area contributed by atoms with Gasteiger partial charge in [-0.15, -0.1) is 11.3 Å². The van der Waals surface area contributed by atoms with Crippen LogP contribution in [0.5, 0.6) is 5.75 Å². The van der Waals surface area contributed by atoms with Gasteiger partial charge in [-0.25, -0.2) is 0 Å². The second-order valence-electron chi connectivity index (χ2n) is 7.07. The largest absolute Gasteiger partial charge is 0.497 e. The van der Waals surface area contributed by atoms with Gasteiger partial charge in [-0.3, -0.25) is 4.79 Å².